The summed E-state index contributed by atoms with van der Waals surface area (Å²) >= 11 is 2.07. The highest BCUT2D eigenvalue weighted by Crippen LogP contribution is 2.29. The van der Waals surface area contributed by atoms with Crippen LogP contribution in [0.25, 0.3) is 0 Å². The fourth-order valence-electron chi connectivity index (χ4n) is 1.38. The van der Waals surface area contributed by atoms with Crippen LogP contribution in [-0.4, -0.2) is 29.5 Å². The smallest absolute Gasteiger partial charge is 0.407 e. The highest BCUT2D eigenvalue weighted by atomic mass is 127. The van der Waals surface area contributed by atoms with Gasteiger partial charge in [-0.15, -0.1) is 0 Å². The highest BCUT2D eigenvalue weighted by Gasteiger charge is 2.08. The summed E-state index contributed by atoms with van der Waals surface area (Å²) in [6.45, 7) is 4.74. The molecule has 0 atom stereocenters. The predicted molar refractivity (Wildman–Crippen MR) is 80.4 cm³/mol. The van der Waals surface area contributed by atoms with Crippen LogP contribution < -0.4 is 5.32 Å². The van der Waals surface area contributed by atoms with Crippen LogP contribution in [0.3, 0.4) is 0 Å². The molecule has 5 nitrogen and oxygen atoms in total. The van der Waals surface area contributed by atoms with E-state index in [0.717, 1.165) is 9.13 Å². The molecule has 1 rings (SSSR count). The molecule has 0 saturated carbocycles. The Morgan fingerprint density at radius 2 is 2.00 bits per heavy atom. The minimum atomic E-state index is -0.438. The van der Waals surface area contributed by atoms with Crippen LogP contribution >= 0.6 is 22.6 Å². The predicted octanol–water partition coefficient (Wildman–Crippen LogP) is 2.63. The van der Waals surface area contributed by atoms with Crippen LogP contribution in [0.4, 0.5) is 4.79 Å². The SMILES string of the molecule is CC(C)COC(=O)NCCc1cc(O)c(O)cc1I. The maximum Gasteiger partial charge on any atom is 0.407 e. The summed E-state index contributed by atoms with van der Waals surface area (Å²) in [4.78, 5) is 11.3. The first-order chi connectivity index (χ1) is 8.90. The van der Waals surface area contributed by atoms with Crippen molar-refractivity contribution >= 4 is 28.7 Å². The number of benzene rings is 1. The van der Waals surface area contributed by atoms with Crippen LogP contribution in [0.15, 0.2) is 12.1 Å². The Morgan fingerprint density at radius 3 is 2.63 bits per heavy atom. The number of amides is 1. The summed E-state index contributed by atoms with van der Waals surface area (Å²) in [6.07, 6.45) is 0.120. The van der Waals surface area contributed by atoms with Crippen molar-refractivity contribution in [3.05, 3.63) is 21.3 Å². The Hall–Kier alpha value is -1.18. The average molecular weight is 379 g/mol. The molecule has 0 spiro atoms. The molecular weight excluding hydrogens is 361 g/mol. The summed E-state index contributed by atoms with van der Waals surface area (Å²) in [5.41, 5.74) is 0.861. The lowest BCUT2D eigenvalue weighted by Crippen LogP contribution is -2.27. The van der Waals surface area contributed by atoms with E-state index in [1.54, 1.807) is 0 Å². The Kier molecular flexibility index (Phi) is 6.20. The van der Waals surface area contributed by atoms with E-state index in [0.29, 0.717) is 25.5 Å². The molecular formula is C13H18INO4. The minimum absolute atomic E-state index is 0.141. The van der Waals surface area contributed by atoms with Crippen molar-refractivity contribution in [2.24, 2.45) is 5.92 Å². The van der Waals surface area contributed by atoms with Crippen LogP contribution in [0, 0.1) is 9.49 Å². The maximum atomic E-state index is 11.3. The van der Waals surface area contributed by atoms with Gasteiger partial charge in [-0.2, -0.15) is 0 Å². The zero-order valence-electron chi connectivity index (χ0n) is 10.9. The van der Waals surface area contributed by atoms with Gasteiger partial charge in [0.25, 0.3) is 0 Å². The van der Waals surface area contributed by atoms with E-state index in [-0.39, 0.29) is 11.5 Å². The quantitative estimate of drug-likeness (QED) is 0.543. The topological polar surface area (TPSA) is 78.8 Å². The minimum Gasteiger partial charge on any atom is -0.504 e. The average Bonchev–Trinajstić information content (AvgIpc) is 2.33. The third-order valence-corrected chi connectivity index (χ3v) is 3.36. The molecule has 0 heterocycles. The fourth-order valence-corrected chi connectivity index (χ4v) is 2.10. The van der Waals surface area contributed by atoms with Gasteiger partial charge in [-0.05, 0) is 52.6 Å². The van der Waals surface area contributed by atoms with Gasteiger partial charge in [-0.25, -0.2) is 4.79 Å². The molecule has 0 aliphatic carbocycles. The fraction of sp³-hybridized carbons (Fsp3) is 0.462. The molecule has 0 radical (unpaired) electrons. The van der Waals surface area contributed by atoms with Crippen LogP contribution in [0.1, 0.15) is 19.4 Å². The van der Waals surface area contributed by atoms with Gasteiger partial charge in [-0.3, -0.25) is 0 Å². The molecule has 1 amide bonds. The molecule has 0 saturated heterocycles. The van der Waals surface area contributed by atoms with Gasteiger partial charge in [-0.1, -0.05) is 13.8 Å². The summed E-state index contributed by atoms with van der Waals surface area (Å²) < 4.78 is 5.81. The number of alkyl carbamates (subject to hydrolysis) is 1. The lowest BCUT2D eigenvalue weighted by Gasteiger charge is -2.10. The molecule has 0 aliphatic heterocycles. The molecule has 1 aromatic rings. The lowest BCUT2D eigenvalue weighted by atomic mass is 10.1. The van der Waals surface area contributed by atoms with E-state index in [1.165, 1.54) is 12.1 Å². The number of rotatable bonds is 5. The third-order valence-electron chi connectivity index (χ3n) is 2.36. The first-order valence-electron chi connectivity index (χ1n) is 6.01. The van der Waals surface area contributed by atoms with E-state index in [1.807, 2.05) is 13.8 Å². The first kappa shape index (κ1) is 15.9. The van der Waals surface area contributed by atoms with Crippen LogP contribution in [0.5, 0.6) is 11.5 Å². The number of aromatic hydroxyl groups is 2. The molecule has 6 heteroatoms. The number of carbonyl (C=O) groups is 1. The van der Waals surface area contributed by atoms with Crippen LogP contribution in [-0.2, 0) is 11.2 Å². The second-order valence-electron chi connectivity index (χ2n) is 4.60. The number of halogens is 1. The number of hydrogen-bond acceptors (Lipinski definition) is 4. The molecule has 0 aliphatic rings. The Morgan fingerprint density at radius 1 is 1.37 bits per heavy atom. The largest absolute Gasteiger partial charge is 0.504 e. The molecule has 0 aromatic heterocycles. The third kappa shape index (κ3) is 5.54. The van der Waals surface area contributed by atoms with Crippen LogP contribution in [0.2, 0.25) is 0 Å². The van der Waals surface area contributed by atoms with Gasteiger partial charge < -0.3 is 20.3 Å². The van der Waals surface area contributed by atoms with Gasteiger partial charge >= 0.3 is 6.09 Å². The number of hydrogen-bond donors (Lipinski definition) is 3. The van der Waals surface area contributed by atoms with Crippen molar-refractivity contribution in [3.8, 4) is 11.5 Å². The Balaban J connectivity index is 2.41. The molecule has 19 heavy (non-hydrogen) atoms. The van der Waals surface area contributed by atoms with E-state index in [2.05, 4.69) is 27.9 Å². The molecule has 0 bridgehead atoms. The lowest BCUT2D eigenvalue weighted by molar-refractivity contribution is 0.133. The molecule has 0 unspecified atom stereocenters. The standard InChI is InChI=1S/C13H18INO4/c1-8(2)7-19-13(18)15-4-3-9-5-11(16)12(17)6-10(9)14/h5-6,8,16-17H,3-4,7H2,1-2H3,(H,15,18). The maximum absolute atomic E-state index is 11.3. The van der Waals surface area contributed by atoms with Gasteiger partial charge in [0.2, 0.25) is 0 Å². The van der Waals surface area contributed by atoms with Gasteiger partial charge in [0.15, 0.2) is 11.5 Å². The van der Waals surface area contributed by atoms with Crippen molar-refractivity contribution in [2.45, 2.75) is 20.3 Å². The summed E-state index contributed by atoms with van der Waals surface area (Å²) in [6, 6.07) is 2.99. The summed E-state index contributed by atoms with van der Waals surface area (Å²) in [7, 11) is 0. The monoisotopic (exact) mass is 379 g/mol. The molecule has 1 aromatic carbocycles. The number of phenols is 2. The van der Waals surface area contributed by atoms with Crippen molar-refractivity contribution in [2.75, 3.05) is 13.2 Å². The van der Waals surface area contributed by atoms with E-state index >= 15 is 0 Å². The second kappa shape index (κ2) is 7.42. The first-order valence-corrected chi connectivity index (χ1v) is 7.09. The zero-order chi connectivity index (χ0) is 14.4. The Bertz CT molecular complexity index is 449. The second-order valence-corrected chi connectivity index (χ2v) is 5.76. The number of phenolic OH excluding ortho intramolecular Hbond substituents is 2. The van der Waals surface area contributed by atoms with Gasteiger partial charge in [0, 0.05) is 10.1 Å². The van der Waals surface area contributed by atoms with E-state index in [9.17, 15) is 15.0 Å². The summed E-state index contributed by atoms with van der Waals surface area (Å²) in [5, 5.41) is 21.4. The number of carbonyl (C=O) groups excluding carboxylic acids is 1. The zero-order valence-corrected chi connectivity index (χ0v) is 13.1. The van der Waals surface area contributed by atoms with E-state index < -0.39 is 6.09 Å². The van der Waals surface area contributed by atoms with Crippen molar-refractivity contribution in [3.63, 3.8) is 0 Å². The van der Waals surface area contributed by atoms with Gasteiger partial charge in [0.1, 0.15) is 0 Å². The molecule has 106 valence electrons. The Labute approximate surface area is 126 Å². The van der Waals surface area contributed by atoms with E-state index in [4.69, 9.17) is 4.74 Å². The number of nitrogens with one attached hydrogen (secondary N) is 1. The number of ether oxygens (including phenoxy) is 1. The van der Waals surface area contributed by atoms with Gasteiger partial charge in [0.05, 0.1) is 6.61 Å². The molecule has 0 fully saturated rings. The van der Waals surface area contributed by atoms with Crippen molar-refractivity contribution in [1.82, 2.24) is 5.32 Å². The highest BCUT2D eigenvalue weighted by molar-refractivity contribution is 14.1. The molecule has 3 N–H and O–H groups in total. The summed E-state index contributed by atoms with van der Waals surface area (Å²) in [5.74, 6) is 0.0102. The van der Waals surface area contributed by atoms with Crippen molar-refractivity contribution in [1.29, 1.82) is 0 Å². The van der Waals surface area contributed by atoms with Crippen molar-refractivity contribution < 1.29 is 19.7 Å². The normalized spacial score (nSPS) is 10.5.